The van der Waals surface area contributed by atoms with Crippen LogP contribution in [-0.4, -0.2) is 22.7 Å². The first-order valence-electron chi connectivity index (χ1n) is 9.58. The maximum Gasteiger partial charge on any atom is 0.251 e. The highest BCUT2D eigenvalue weighted by Gasteiger charge is 2.43. The minimum absolute atomic E-state index is 0.0368. The number of benzene rings is 3. The molecule has 0 aliphatic carbocycles. The van der Waals surface area contributed by atoms with Crippen molar-refractivity contribution in [3.05, 3.63) is 99.5 Å². The lowest BCUT2D eigenvalue weighted by molar-refractivity contribution is -0.00459. The van der Waals surface area contributed by atoms with E-state index in [1.165, 1.54) is 5.56 Å². The number of Topliss-reactive ketones (excluding diaryl/α,β-unsaturated/α-hetero) is 1. The zero-order valence-corrected chi connectivity index (χ0v) is 17.5. The van der Waals surface area contributed by atoms with E-state index in [1.54, 1.807) is 0 Å². The van der Waals surface area contributed by atoms with Crippen molar-refractivity contribution in [3.63, 3.8) is 0 Å². The third kappa shape index (κ3) is 3.25. The van der Waals surface area contributed by atoms with Crippen LogP contribution in [0.25, 0.3) is 0 Å². The first-order valence-corrected chi connectivity index (χ1v) is 10.4. The van der Waals surface area contributed by atoms with Gasteiger partial charge >= 0.3 is 0 Å². The third-order valence-electron chi connectivity index (χ3n) is 5.42. The van der Waals surface area contributed by atoms with Crippen LogP contribution in [0.1, 0.15) is 39.5 Å². The van der Waals surface area contributed by atoms with Crippen molar-refractivity contribution >= 4 is 27.4 Å². The monoisotopic (exact) mass is 446 g/mol. The lowest BCUT2D eigenvalue weighted by atomic mass is 9.95. The molecule has 0 radical (unpaired) electrons. The van der Waals surface area contributed by atoms with Gasteiger partial charge in [-0.1, -0.05) is 76.1 Å². The van der Waals surface area contributed by atoms with E-state index in [0.29, 0.717) is 5.56 Å². The number of hydrogen-bond donors (Lipinski definition) is 0. The van der Waals surface area contributed by atoms with Crippen LogP contribution in [0.15, 0.2) is 82.4 Å². The molecule has 0 spiro atoms. The van der Waals surface area contributed by atoms with E-state index in [4.69, 9.17) is 9.84 Å². The van der Waals surface area contributed by atoms with Gasteiger partial charge in [-0.15, -0.1) is 0 Å². The molecule has 0 saturated carbocycles. The first kappa shape index (κ1) is 18.1. The molecule has 3 aromatic carbocycles. The predicted octanol–water partition coefficient (Wildman–Crippen LogP) is 5.51. The minimum atomic E-state index is -0.779. The Morgan fingerprint density at radius 3 is 2.59 bits per heavy atom. The van der Waals surface area contributed by atoms with Crippen molar-refractivity contribution in [3.8, 4) is 5.75 Å². The van der Waals surface area contributed by atoms with Gasteiger partial charge in [0, 0.05) is 22.0 Å². The van der Waals surface area contributed by atoms with E-state index >= 15 is 0 Å². The predicted molar refractivity (Wildman–Crippen MR) is 116 cm³/mol. The normalized spacial score (nSPS) is 19.8. The summed E-state index contributed by atoms with van der Waals surface area (Å²) in [6.45, 7) is 2.07. The SMILES string of the molecule is Cc1ccc(C2=NN3[C@H](C(=O)c4ccccc4)Oc4ccc(Br)cc4[C@@H]3C2)cc1. The van der Waals surface area contributed by atoms with Gasteiger partial charge in [-0.05, 0) is 30.7 Å². The van der Waals surface area contributed by atoms with E-state index in [1.807, 2.05) is 47.5 Å². The summed E-state index contributed by atoms with van der Waals surface area (Å²) in [6, 6.07) is 23.5. The molecular weight excluding hydrogens is 428 g/mol. The van der Waals surface area contributed by atoms with Gasteiger partial charge in [-0.2, -0.15) is 5.10 Å². The third-order valence-corrected chi connectivity index (χ3v) is 5.91. The molecule has 144 valence electrons. The second-order valence-electron chi connectivity index (χ2n) is 7.40. The maximum absolute atomic E-state index is 13.3. The lowest BCUT2D eigenvalue weighted by Gasteiger charge is -2.37. The van der Waals surface area contributed by atoms with E-state index in [9.17, 15) is 4.79 Å². The quantitative estimate of drug-likeness (QED) is 0.498. The summed E-state index contributed by atoms with van der Waals surface area (Å²) in [7, 11) is 0. The standard InChI is InChI=1S/C24H19BrN2O2/c1-15-7-9-16(10-8-15)20-14-21-19-13-18(25)11-12-22(19)29-24(27(21)26-20)23(28)17-5-3-2-4-6-17/h2-13,21,24H,14H2,1H3/t21-,24-/m0/s1. The molecule has 4 nitrogen and oxygen atoms in total. The van der Waals surface area contributed by atoms with Crippen molar-refractivity contribution < 1.29 is 9.53 Å². The Balaban J connectivity index is 1.58. The summed E-state index contributed by atoms with van der Waals surface area (Å²) in [5.41, 5.74) is 4.92. The molecule has 5 heteroatoms. The highest BCUT2D eigenvalue weighted by molar-refractivity contribution is 9.10. The van der Waals surface area contributed by atoms with Gasteiger partial charge in [0.25, 0.3) is 6.23 Å². The molecule has 0 saturated heterocycles. The summed E-state index contributed by atoms with van der Waals surface area (Å²) in [5.74, 6) is 0.655. The molecule has 0 fully saturated rings. The Labute approximate surface area is 177 Å². The largest absolute Gasteiger partial charge is 0.461 e. The van der Waals surface area contributed by atoms with Gasteiger partial charge in [-0.3, -0.25) is 4.79 Å². The van der Waals surface area contributed by atoms with Crippen molar-refractivity contribution in [1.29, 1.82) is 0 Å². The van der Waals surface area contributed by atoms with E-state index in [-0.39, 0.29) is 11.8 Å². The van der Waals surface area contributed by atoms with Gasteiger partial charge in [0.15, 0.2) is 0 Å². The number of carbonyl (C=O) groups is 1. The molecule has 0 aromatic heterocycles. The Bertz CT molecular complexity index is 1110. The minimum Gasteiger partial charge on any atom is -0.461 e. The fraction of sp³-hybridized carbons (Fsp3) is 0.167. The molecule has 3 aromatic rings. The summed E-state index contributed by atoms with van der Waals surface area (Å²) in [4.78, 5) is 13.3. The number of hydrazone groups is 1. The molecule has 2 heterocycles. The van der Waals surface area contributed by atoms with Crippen LogP contribution in [0.5, 0.6) is 5.75 Å². The number of aryl methyl sites for hydroxylation is 1. The zero-order valence-electron chi connectivity index (χ0n) is 15.9. The lowest BCUT2D eigenvalue weighted by Crippen LogP contribution is -2.45. The smallest absolute Gasteiger partial charge is 0.251 e. The maximum atomic E-state index is 13.3. The first-order chi connectivity index (χ1) is 14.1. The molecular formula is C24H19BrN2O2. The highest BCUT2D eigenvalue weighted by Crippen LogP contribution is 2.44. The van der Waals surface area contributed by atoms with E-state index in [2.05, 4.69) is 53.2 Å². The molecule has 0 N–H and O–H groups in total. The number of hydrogen-bond acceptors (Lipinski definition) is 4. The van der Waals surface area contributed by atoms with Gasteiger partial charge < -0.3 is 4.74 Å². The second kappa shape index (κ2) is 7.16. The summed E-state index contributed by atoms with van der Waals surface area (Å²) < 4.78 is 7.15. The fourth-order valence-corrected chi connectivity index (χ4v) is 4.28. The molecule has 5 rings (SSSR count). The van der Waals surface area contributed by atoms with E-state index in [0.717, 1.165) is 33.5 Å². The Kier molecular flexibility index (Phi) is 4.47. The number of ketones is 1. The van der Waals surface area contributed by atoms with Crippen LogP contribution in [0.4, 0.5) is 0 Å². The van der Waals surface area contributed by atoms with Crippen LogP contribution in [0.2, 0.25) is 0 Å². The van der Waals surface area contributed by atoms with Gasteiger partial charge in [0.1, 0.15) is 5.75 Å². The van der Waals surface area contributed by atoms with Crippen LogP contribution in [0, 0.1) is 6.92 Å². The summed E-state index contributed by atoms with van der Waals surface area (Å²) in [5, 5.41) is 6.69. The van der Waals surface area contributed by atoms with Crippen LogP contribution in [-0.2, 0) is 0 Å². The summed E-state index contributed by atoms with van der Waals surface area (Å²) in [6.07, 6.45) is -0.0481. The molecule has 2 aliphatic rings. The molecule has 0 unspecified atom stereocenters. The average Bonchev–Trinajstić information content (AvgIpc) is 3.20. The van der Waals surface area contributed by atoms with Crippen molar-refractivity contribution in [2.24, 2.45) is 5.10 Å². The molecule has 2 aliphatic heterocycles. The number of ether oxygens (including phenoxy) is 1. The molecule has 29 heavy (non-hydrogen) atoms. The number of carbonyl (C=O) groups excluding carboxylic acids is 1. The average molecular weight is 447 g/mol. The number of rotatable bonds is 3. The number of fused-ring (bicyclic) bond motifs is 3. The summed E-state index contributed by atoms with van der Waals surface area (Å²) >= 11 is 3.56. The highest BCUT2D eigenvalue weighted by atomic mass is 79.9. The van der Waals surface area contributed by atoms with Gasteiger partial charge in [-0.25, -0.2) is 5.01 Å². The van der Waals surface area contributed by atoms with Crippen molar-refractivity contribution in [2.45, 2.75) is 25.6 Å². The van der Waals surface area contributed by atoms with Crippen molar-refractivity contribution in [2.75, 3.05) is 0 Å². The van der Waals surface area contributed by atoms with Crippen molar-refractivity contribution in [1.82, 2.24) is 5.01 Å². The van der Waals surface area contributed by atoms with Gasteiger partial charge in [0.2, 0.25) is 5.78 Å². The van der Waals surface area contributed by atoms with Crippen LogP contribution in [0.3, 0.4) is 0 Å². The number of nitrogens with zero attached hydrogens (tertiary/aromatic N) is 2. The fourth-order valence-electron chi connectivity index (χ4n) is 3.90. The van der Waals surface area contributed by atoms with Gasteiger partial charge in [0.05, 0.1) is 11.8 Å². The Morgan fingerprint density at radius 1 is 1.07 bits per heavy atom. The van der Waals surface area contributed by atoms with E-state index < -0.39 is 6.23 Å². The number of halogens is 1. The molecule has 2 atom stereocenters. The zero-order chi connectivity index (χ0) is 20.0. The molecule has 0 amide bonds. The topological polar surface area (TPSA) is 41.9 Å². The Morgan fingerprint density at radius 2 is 1.83 bits per heavy atom. The van der Waals surface area contributed by atoms with Crippen LogP contribution < -0.4 is 4.74 Å². The second-order valence-corrected chi connectivity index (χ2v) is 8.31. The van der Waals surface area contributed by atoms with Crippen LogP contribution >= 0.6 is 15.9 Å². The molecule has 0 bridgehead atoms. The Hall–Kier alpha value is -2.92.